The zero-order valence-electron chi connectivity index (χ0n) is 17.7. The van der Waals surface area contributed by atoms with Crippen molar-refractivity contribution in [1.82, 2.24) is 19.5 Å². The first-order valence-corrected chi connectivity index (χ1v) is 11.0. The fourth-order valence-electron chi connectivity index (χ4n) is 4.72. The summed E-state index contributed by atoms with van der Waals surface area (Å²) in [7, 11) is 0. The number of fused-ring (bicyclic) bond motifs is 2. The maximum atomic E-state index is 6.28. The number of ether oxygens (including phenoxy) is 1. The number of nitrogens with zero attached hydrogens (tertiary/aromatic N) is 5. The van der Waals surface area contributed by atoms with Crippen LogP contribution in [-0.2, 0) is 11.2 Å². The molecule has 0 radical (unpaired) electrons. The van der Waals surface area contributed by atoms with Crippen molar-refractivity contribution in [3.8, 4) is 17.1 Å². The molecule has 1 saturated heterocycles. The Balaban J connectivity index is 1.58. The van der Waals surface area contributed by atoms with Gasteiger partial charge in [-0.3, -0.25) is 4.57 Å². The summed E-state index contributed by atoms with van der Waals surface area (Å²) in [6.07, 6.45) is 3.65. The molecule has 1 fully saturated rings. The fourth-order valence-corrected chi connectivity index (χ4v) is 4.72. The molecule has 4 aromatic rings. The average Bonchev–Trinajstić information content (AvgIpc) is 3.39. The molecule has 0 saturated carbocycles. The van der Waals surface area contributed by atoms with Crippen molar-refractivity contribution in [1.29, 1.82) is 0 Å². The molecule has 6 rings (SSSR count). The van der Waals surface area contributed by atoms with Gasteiger partial charge in [0, 0.05) is 31.0 Å². The lowest BCUT2D eigenvalue weighted by Gasteiger charge is -2.27. The number of aryl methyl sites for hydroxylation is 1. The molecule has 0 amide bonds. The average molecular weight is 428 g/mol. The van der Waals surface area contributed by atoms with Crippen LogP contribution in [0.15, 0.2) is 48.7 Å². The molecule has 1 aromatic carbocycles. The van der Waals surface area contributed by atoms with Crippen molar-refractivity contribution in [3.63, 3.8) is 0 Å². The molecular weight excluding hydrogens is 402 g/mol. The summed E-state index contributed by atoms with van der Waals surface area (Å²) in [6.45, 7) is 3.07. The standard InChI is InChI=1S/C24H25N7O/c25-19-6-3-15-14-16(4-5-17(15)19)31-23(18-2-1-9-27-22(18)26)28-20-7-8-21(29-24(20)31)30-10-12-32-13-11-30/h1-2,4-5,7-9,14,19H,3,6,10-13,25H2,(H2,26,27)/t19-/m0/s1. The number of nitrogens with two attached hydrogens (primary N) is 2. The van der Waals surface area contributed by atoms with Crippen LogP contribution < -0.4 is 16.4 Å². The highest BCUT2D eigenvalue weighted by Crippen LogP contribution is 2.35. The predicted octanol–water partition coefficient (Wildman–Crippen LogP) is 2.85. The van der Waals surface area contributed by atoms with Crippen LogP contribution in [0.3, 0.4) is 0 Å². The Morgan fingerprint density at radius 1 is 1.03 bits per heavy atom. The van der Waals surface area contributed by atoms with Crippen LogP contribution in [0.2, 0.25) is 0 Å². The quantitative estimate of drug-likeness (QED) is 0.517. The lowest BCUT2D eigenvalue weighted by molar-refractivity contribution is 0.122. The summed E-state index contributed by atoms with van der Waals surface area (Å²) < 4.78 is 7.60. The predicted molar refractivity (Wildman–Crippen MR) is 125 cm³/mol. The van der Waals surface area contributed by atoms with Gasteiger partial charge in [-0.25, -0.2) is 15.0 Å². The van der Waals surface area contributed by atoms with Crippen molar-refractivity contribution in [3.05, 3.63) is 59.8 Å². The number of aromatic nitrogens is 4. The summed E-state index contributed by atoms with van der Waals surface area (Å²) >= 11 is 0. The number of hydrogen-bond acceptors (Lipinski definition) is 7. The van der Waals surface area contributed by atoms with Gasteiger partial charge in [0.15, 0.2) is 11.5 Å². The molecule has 1 atom stereocenters. The second-order valence-corrected chi connectivity index (χ2v) is 8.35. The molecule has 32 heavy (non-hydrogen) atoms. The number of pyridine rings is 2. The Hall–Kier alpha value is -3.49. The summed E-state index contributed by atoms with van der Waals surface area (Å²) in [5.41, 5.74) is 18.4. The van der Waals surface area contributed by atoms with Crippen LogP contribution in [0.1, 0.15) is 23.6 Å². The Kier molecular flexibility index (Phi) is 4.55. The highest BCUT2D eigenvalue weighted by molar-refractivity contribution is 5.84. The molecule has 3 aromatic heterocycles. The Morgan fingerprint density at radius 3 is 2.75 bits per heavy atom. The second kappa shape index (κ2) is 7.58. The number of hydrogen-bond donors (Lipinski definition) is 2. The summed E-state index contributed by atoms with van der Waals surface area (Å²) in [4.78, 5) is 16.5. The third kappa shape index (κ3) is 3.11. The summed E-state index contributed by atoms with van der Waals surface area (Å²) in [5, 5.41) is 0. The van der Waals surface area contributed by atoms with Gasteiger partial charge in [0.25, 0.3) is 0 Å². The fraction of sp³-hybridized carbons (Fsp3) is 0.292. The highest BCUT2D eigenvalue weighted by Gasteiger charge is 2.23. The third-order valence-corrected chi connectivity index (χ3v) is 6.41. The number of imidazole rings is 1. The monoisotopic (exact) mass is 427 g/mol. The van der Waals surface area contributed by atoms with Gasteiger partial charge < -0.3 is 21.1 Å². The first-order valence-electron chi connectivity index (χ1n) is 11.0. The molecule has 0 spiro atoms. The minimum Gasteiger partial charge on any atom is -0.383 e. The molecule has 1 aliphatic heterocycles. The van der Waals surface area contributed by atoms with Crippen LogP contribution in [0.25, 0.3) is 28.2 Å². The number of benzene rings is 1. The largest absolute Gasteiger partial charge is 0.383 e. The smallest absolute Gasteiger partial charge is 0.167 e. The second-order valence-electron chi connectivity index (χ2n) is 8.35. The number of nitrogen functional groups attached to an aromatic ring is 1. The third-order valence-electron chi connectivity index (χ3n) is 6.41. The van der Waals surface area contributed by atoms with Gasteiger partial charge in [-0.05, 0) is 60.4 Å². The lowest BCUT2D eigenvalue weighted by atomic mass is 10.1. The molecule has 8 heteroatoms. The maximum Gasteiger partial charge on any atom is 0.167 e. The van der Waals surface area contributed by atoms with Crippen LogP contribution in [0, 0.1) is 0 Å². The SMILES string of the molecule is Nc1ncccc1-c1nc2ccc(N3CCOCC3)nc2n1-c1ccc2c(c1)CC[C@@H]2N. The van der Waals surface area contributed by atoms with Crippen molar-refractivity contribution in [2.45, 2.75) is 18.9 Å². The van der Waals surface area contributed by atoms with Gasteiger partial charge in [-0.2, -0.15) is 0 Å². The zero-order valence-corrected chi connectivity index (χ0v) is 17.7. The molecule has 0 bridgehead atoms. The normalized spacial score (nSPS) is 18.3. The first-order chi connectivity index (χ1) is 15.7. The van der Waals surface area contributed by atoms with Crippen molar-refractivity contribution in [2.24, 2.45) is 5.73 Å². The van der Waals surface area contributed by atoms with E-state index in [1.54, 1.807) is 6.20 Å². The molecule has 4 N–H and O–H groups in total. The number of morpholine rings is 1. The van der Waals surface area contributed by atoms with E-state index in [1.807, 2.05) is 24.3 Å². The van der Waals surface area contributed by atoms with Gasteiger partial charge in [-0.15, -0.1) is 0 Å². The minimum absolute atomic E-state index is 0.109. The molecule has 4 heterocycles. The number of rotatable bonds is 3. The molecule has 2 aliphatic rings. The van der Waals surface area contributed by atoms with Gasteiger partial charge in [0.2, 0.25) is 0 Å². The van der Waals surface area contributed by atoms with Gasteiger partial charge in [0.05, 0.1) is 18.8 Å². The lowest BCUT2D eigenvalue weighted by Crippen LogP contribution is -2.36. The van der Waals surface area contributed by atoms with Gasteiger partial charge in [-0.1, -0.05) is 6.07 Å². The van der Waals surface area contributed by atoms with E-state index in [0.29, 0.717) is 19.0 Å². The molecule has 1 aliphatic carbocycles. The van der Waals surface area contributed by atoms with Crippen molar-refractivity contribution >= 4 is 22.8 Å². The van der Waals surface area contributed by atoms with Crippen LogP contribution >= 0.6 is 0 Å². The summed E-state index contributed by atoms with van der Waals surface area (Å²) in [5.74, 6) is 2.11. The van der Waals surface area contributed by atoms with E-state index in [2.05, 4.69) is 32.7 Å². The van der Waals surface area contributed by atoms with E-state index >= 15 is 0 Å². The Labute approximate surface area is 185 Å². The van der Waals surface area contributed by atoms with Crippen LogP contribution in [0.4, 0.5) is 11.6 Å². The Bertz CT molecular complexity index is 1310. The topological polar surface area (TPSA) is 108 Å². The maximum absolute atomic E-state index is 6.28. The number of anilines is 2. The van der Waals surface area contributed by atoms with Crippen LogP contribution in [0.5, 0.6) is 0 Å². The van der Waals surface area contributed by atoms with Crippen molar-refractivity contribution in [2.75, 3.05) is 36.9 Å². The molecular formula is C24H25N7O. The van der Waals surface area contributed by atoms with E-state index in [9.17, 15) is 0 Å². The van der Waals surface area contributed by atoms with E-state index in [4.69, 9.17) is 26.2 Å². The zero-order chi connectivity index (χ0) is 21.7. The molecule has 0 unspecified atom stereocenters. The molecule has 8 nitrogen and oxygen atoms in total. The van der Waals surface area contributed by atoms with Gasteiger partial charge in [0.1, 0.15) is 17.2 Å². The van der Waals surface area contributed by atoms with Crippen molar-refractivity contribution < 1.29 is 4.74 Å². The summed E-state index contributed by atoms with van der Waals surface area (Å²) in [6, 6.07) is 14.4. The highest BCUT2D eigenvalue weighted by atomic mass is 16.5. The first kappa shape index (κ1) is 19.2. The van der Waals surface area contributed by atoms with Crippen LogP contribution in [-0.4, -0.2) is 45.8 Å². The van der Waals surface area contributed by atoms with E-state index in [-0.39, 0.29) is 6.04 Å². The molecule has 162 valence electrons. The van der Waals surface area contributed by atoms with E-state index in [1.165, 1.54) is 11.1 Å². The minimum atomic E-state index is 0.109. The van der Waals surface area contributed by atoms with Gasteiger partial charge >= 0.3 is 0 Å². The Morgan fingerprint density at radius 2 is 1.91 bits per heavy atom. The van der Waals surface area contributed by atoms with E-state index in [0.717, 1.165) is 60.0 Å². The van der Waals surface area contributed by atoms with E-state index < -0.39 is 0 Å².